The zero-order chi connectivity index (χ0) is 37.2. The Hall–Kier alpha value is -5.22. The number of urea groups is 1. The maximum Gasteiger partial charge on any atom is 0.418 e. The van der Waals surface area contributed by atoms with E-state index in [1.165, 1.54) is 9.80 Å². The van der Waals surface area contributed by atoms with Gasteiger partial charge in [0.1, 0.15) is 0 Å². The summed E-state index contributed by atoms with van der Waals surface area (Å²) in [6.07, 6.45) is -9.25. The number of nitrogen functional groups attached to an aromatic ring is 1. The number of likely N-dealkylation sites (tertiary alicyclic amines) is 1. The lowest BCUT2D eigenvalue weighted by Crippen LogP contribution is -2.54. The van der Waals surface area contributed by atoms with Crippen molar-refractivity contribution in [2.75, 3.05) is 61.8 Å². The number of nitrogens with zero attached hydrogens (tertiary/aromatic N) is 5. The number of rotatable bonds is 6. The summed E-state index contributed by atoms with van der Waals surface area (Å²) in [7, 11) is 0. The molecule has 3 aliphatic heterocycles. The summed E-state index contributed by atoms with van der Waals surface area (Å²) in [5.41, 5.74) is 2.50. The molecular weight excluding hydrogens is 696 g/mol. The van der Waals surface area contributed by atoms with E-state index in [1.807, 2.05) is 29.2 Å². The van der Waals surface area contributed by atoms with E-state index in [0.29, 0.717) is 51.0 Å². The van der Waals surface area contributed by atoms with Crippen LogP contribution in [0.5, 0.6) is 0 Å². The van der Waals surface area contributed by atoms with Gasteiger partial charge in [0.15, 0.2) is 6.10 Å². The highest BCUT2D eigenvalue weighted by Crippen LogP contribution is 2.42. The van der Waals surface area contributed by atoms with Crippen molar-refractivity contribution in [1.82, 2.24) is 19.7 Å². The molecule has 0 bridgehead atoms. The van der Waals surface area contributed by atoms with Crippen LogP contribution in [0.25, 0.3) is 0 Å². The van der Waals surface area contributed by atoms with Crippen LogP contribution in [0.2, 0.25) is 0 Å². The minimum Gasteiger partial charge on any atom is -0.436 e. The zero-order valence-corrected chi connectivity index (χ0v) is 27.9. The SMILES string of the molecule is Nc1c(C(F)(F)F)cc(C[C@@H](OC(=O)N2CCC(N3CCc4ccccc4NC3=O)CC2)C(=O)N2CCN(c3ccncc3)CC2)cc1C(F)(F)F. The fourth-order valence-corrected chi connectivity index (χ4v) is 6.93. The number of piperazine rings is 1. The molecule has 52 heavy (non-hydrogen) atoms. The zero-order valence-electron chi connectivity index (χ0n) is 27.9. The predicted octanol–water partition coefficient (Wildman–Crippen LogP) is 5.65. The molecule has 3 N–H and O–H groups in total. The van der Waals surface area contributed by atoms with Crippen molar-refractivity contribution >= 4 is 35.1 Å². The van der Waals surface area contributed by atoms with E-state index in [1.54, 1.807) is 29.4 Å². The number of pyridine rings is 1. The lowest BCUT2D eigenvalue weighted by atomic mass is 9.97. The molecule has 6 rings (SSSR count). The van der Waals surface area contributed by atoms with Crippen LogP contribution < -0.4 is 16.0 Å². The molecule has 0 aliphatic carbocycles. The normalized spacial score (nSPS) is 18.0. The van der Waals surface area contributed by atoms with Gasteiger partial charge in [-0.05, 0) is 60.7 Å². The number of aromatic nitrogens is 1. The van der Waals surface area contributed by atoms with Gasteiger partial charge in [0.05, 0.1) is 16.8 Å². The Balaban J connectivity index is 1.18. The van der Waals surface area contributed by atoms with Crippen LogP contribution in [-0.4, -0.2) is 95.7 Å². The predicted molar refractivity (Wildman–Crippen MR) is 178 cm³/mol. The van der Waals surface area contributed by atoms with E-state index < -0.39 is 59.3 Å². The number of fused-ring (bicyclic) bond motifs is 1. The number of carbonyl (C=O) groups excluding carboxylic acids is 3. The van der Waals surface area contributed by atoms with Crippen LogP contribution in [0.4, 0.5) is 53.0 Å². The molecule has 0 saturated carbocycles. The molecule has 0 unspecified atom stereocenters. The first-order chi connectivity index (χ1) is 24.7. The lowest BCUT2D eigenvalue weighted by Gasteiger charge is -2.39. The maximum absolute atomic E-state index is 13.9. The van der Waals surface area contributed by atoms with E-state index in [9.17, 15) is 40.7 Å². The van der Waals surface area contributed by atoms with Gasteiger partial charge in [0, 0.05) is 82.0 Å². The topological polar surface area (TPSA) is 124 Å². The molecule has 0 radical (unpaired) electrons. The first kappa shape index (κ1) is 36.6. The van der Waals surface area contributed by atoms with Crippen LogP contribution >= 0.6 is 0 Å². The average Bonchev–Trinajstić information content (AvgIpc) is 3.29. The number of carbonyl (C=O) groups is 3. The molecule has 3 aromatic rings. The van der Waals surface area contributed by atoms with Gasteiger partial charge in [-0.1, -0.05) is 18.2 Å². The van der Waals surface area contributed by atoms with Gasteiger partial charge in [0.2, 0.25) is 0 Å². The van der Waals surface area contributed by atoms with Crippen LogP contribution in [0, 0.1) is 0 Å². The molecule has 1 atom stereocenters. The minimum atomic E-state index is -5.23. The van der Waals surface area contributed by atoms with E-state index in [0.717, 1.165) is 16.9 Å². The number of piperidine rings is 1. The van der Waals surface area contributed by atoms with E-state index in [4.69, 9.17) is 10.5 Å². The molecule has 278 valence electrons. The highest BCUT2D eigenvalue weighted by Gasteiger charge is 2.42. The third-order valence-corrected chi connectivity index (χ3v) is 9.71. The Morgan fingerprint density at radius 2 is 1.48 bits per heavy atom. The number of anilines is 3. The smallest absolute Gasteiger partial charge is 0.418 e. The number of alkyl halides is 6. The van der Waals surface area contributed by atoms with Gasteiger partial charge >= 0.3 is 24.5 Å². The summed E-state index contributed by atoms with van der Waals surface area (Å²) in [5.74, 6) is -0.752. The van der Waals surface area contributed by atoms with Crippen molar-refractivity contribution in [3.8, 4) is 0 Å². The fraction of sp³-hybridized carbons (Fsp3) is 0.429. The number of hydrogen-bond acceptors (Lipinski definition) is 7. The van der Waals surface area contributed by atoms with Crippen LogP contribution in [0.3, 0.4) is 0 Å². The molecule has 11 nitrogen and oxygen atoms in total. The molecule has 2 aromatic carbocycles. The summed E-state index contributed by atoms with van der Waals surface area (Å²) < 4.78 is 88.7. The van der Waals surface area contributed by atoms with Crippen molar-refractivity contribution in [2.45, 2.75) is 50.2 Å². The third-order valence-electron chi connectivity index (χ3n) is 9.71. The van der Waals surface area contributed by atoms with Crippen molar-refractivity contribution in [3.63, 3.8) is 0 Å². The minimum absolute atomic E-state index is 0.143. The van der Waals surface area contributed by atoms with E-state index in [2.05, 4.69) is 10.3 Å². The molecule has 4 amide bonds. The second-order valence-electron chi connectivity index (χ2n) is 12.9. The molecule has 2 saturated heterocycles. The summed E-state index contributed by atoms with van der Waals surface area (Å²) >= 11 is 0. The van der Waals surface area contributed by atoms with Gasteiger partial charge in [-0.3, -0.25) is 9.78 Å². The monoisotopic (exact) mass is 733 g/mol. The Morgan fingerprint density at radius 3 is 2.10 bits per heavy atom. The lowest BCUT2D eigenvalue weighted by molar-refractivity contribution is -0.141. The van der Waals surface area contributed by atoms with Crippen LogP contribution in [0.15, 0.2) is 60.9 Å². The molecule has 17 heteroatoms. The van der Waals surface area contributed by atoms with Gasteiger partial charge in [-0.15, -0.1) is 0 Å². The van der Waals surface area contributed by atoms with Crippen molar-refractivity contribution < 1.29 is 45.5 Å². The molecule has 1 aromatic heterocycles. The van der Waals surface area contributed by atoms with Crippen molar-refractivity contribution in [1.29, 1.82) is 0 Å². The molecule has 3 aliphatic rings. The summed E-state index contributed by atoms with van der Waals surface area (Å²) in [4.78, 5) is 50.9. The number of amides is 4. The van der Waals surface area contributed by atoms with Gasteiger partial charge in [0.25, 0.3) is 5.91 Å². The number of ether oxygens (including phenoxy) is 1. The fourth-order valence-electron chi connectivity index (χ4n) is 6.93. The molecule has 2 fully saturated rings. The molecular formula is C35H37F6N7O4. The number of hydrogen-bond donors (Lipinski definition) is 2. The van der Waals surface area contributed by atoms with Crippen LogP contribution in [-0.2, 0) is 34.7 Å². The first-order valence-corrected chi connectivity index (χ1v) is 16.8. The van der Waals surface area contributed by atoms with E-state index >= 15 is 0 Å². The first-order valence-electron chi connectivity index (χ1n) is 16.8. The van der Waals surface area contributed by atoms with Gasteiger partial charge in [-0.2, -0.15) is 26.3 Å². The summed E-state index contributed by atoms with van der Waals surface area (Å²) in [6.45, 7) is 1.81. The summed E-state index contributed by atoms with van der Waals surface area (Å²) in [5, 5.41) is 2.92. The van der Waals surface area contributed by atoms with Gasteiger partial charge < -0.3 is 35.4 Å². The second kappa shape index (κ2) is 14.8. The maximum atomic E-state index is 13.9. The molecule has 4 heterocycles. The highest BCUT2D eigenvalue weighted by atomic mass is 19.4. The third kappa shape index (κ3) is 8.12. The van der Waals surface area contributed by atoms with Crippen molar-refractivity contribution in [2.24, 2.45) is 0 Å². The van der Waals surface area contributed by atoms with Crippen molar-refractivity contribution in [3.05, 3.63) is 83.2 Å². The number of nitrogens with one attached hydrogen (secondary N) is 1. The second-order valence-corrected chi connectivity index (χ2v) is 12.9. The van der Waals surface area contributed by atoms with E-state index in [-0.39, 0.29) is 38.3 Å². The Kier molecular flexibility index (Phi) is 10.4. The molecule has 0 spiro atoms. The van der Waals surface area contributed by atoms with Gasteiger partial charge in [-0.25, -0.2) is 9.59 Å². The highest BCUT2D eigenvalue weighted by molar-refractivity contribution is 5.91. The Labute approximate surface area is 295 Å². The number of nitrogens with two attached hydrogens (primary N) is 1. The summed E-state index contributed by atoms with van der Waals surface area (Å²) in [6, 6.07) is 11.5. The Bertz CT molecular complexity index is 1740. The van der Waals surface area contributed by atoms with Crippen LogP contribution in [0.1, 0.15) is 35.1 Å². The number of benzene rings is 2. The Morgan fingerprint density at radius 1 is 0.865 bits per heavy atom. The number of para-hydroxylation sites is 1. The quantitative estimate of drug-likeness (QED) is 0.248. The standard InChI is InChI=1S/C35H37F6N7O4/c36-34(37,38)26-19-22(20-27(30(26)42)35(39,40)41)21-29(31(49)46-17-15-45(16-18-46)24-5-10-43-11-6-24)52-33(51)47-12-8-25(9-13-47)48-14-7-23-3-1-2-4-28(23)44-32(48)50/h1-6,10-11,19-20,25,29H,7-9,12-18,21,42H2,(H,44,50)/t29-/m1/s1. The number of halogens is 6. The average molecular weight is 734 g/mol. The largest absolute Gasteiger partial charge is 0.436 e.